The molecule has 0 heterocycles. The van der Waals surface area contributed by atoms with Gasteiger partial charge in [0.2, 0.25) is 0 Å². The molecule has 1 unspecified atom stereocenters. The Morgan fingerprint density at radius 1 is 1.21 bits per heavy atom. The summed E-state index contributed by atoms with van der Waals surface area (Å²) in [5.41, 5.74) is -0.975. The molecule has 0 aliphatic carbocycles. The number of aliphatic hydroxyl groups excluding tert-OH is 1. The summed E-state index contributed by atoms with van der Waals surface area (Å²) in [7, 11) is 0. The van der Waals surface area contributed by atoms with E-state index in [1.54, 1.807) is 0 Å². The van der Waals surface area contributed by atoms with Crippen LogP contribution in [-0.4, -0.2) is 22.7 Å². The zero-order valence-electron chi connectivity index (χ0n) is 12.1. The second-order valence-electron chi connectivity index (χ2n) is 5.01. The van der Waals surface area contributed by atoms with Gasteiger partial charge >= 0.3 is 6.18 Å². The van der Waals surface area contributed by atoms with Crippen LogP contribution in [0.5, 0.6) is 5.75 Å². The number of aromatic hydroxyl groups is 1. The van der Waals surface area contributed by atoms with E-state index < -0.39 is 23.8 Å². The summed E-state index contributed by atoms with van der Waals surface area (Å²) >= 11 is 5.73. The van der Waals surface area contributed by atoms with Gasteiger partial charge in [-0.3, -0.25) is 4.79 Å². The van der Waals surface area contributed by atoms with Crippen molar-refractivity contribution in [1.29, 1.82) is 0 Å². The highest BCUT2D eigenvalue weighted by Gasteiger charge is 2.30. The van der Waals surface area contributed by atoms with Crippen LogP contribution >= 0.6 is 11.6 Å². The third-order valence-corrected chi connectivity index (χ3v) is 3.49. The van der Waals surface area contributed by atoms with Gasteiger partial charge in [-0.25, -0.2) is 0 Å². The molecule has 1 atom stereocenters. The van der Waals surface area contributed by atoms with Crippen molar-refractivity contribution in [3.63, 3.8) is 0 Å². The molecule has 3 N–H and O–H groups in total. The Hall–Kier alpha value is -2.25. The second-order valence-corrected chi connectivity index (χ2v) is 5.45. The van der Waals surface area contributed by atoms with Crippen LogP contribution in [0.2, 0.25) is 5.02 Å². The van der Waals surface area contributed by atoms with E-state index in [2.05, 4.69) is 5.32 Å². The Morgan fingerprint density at radius 3 is 2.58 bits per heavy atom. The summed E-state index contributed by atoms with van der Waals surface area (Å²) in [6, 6.07) is 8.07. The molecule has 128 valence electrons. The van der Waals surface area contributed by atoms with Crippen molar-refractivity contribution < 1.29 is 28.2 Å². The summed E-state index contributed by atoms with van der Waals surface area (Å²) < 4.78 is 38.0. The van der Waals surface area contributed by atoms with Crippen molar-refractivity contribution in [2.45, 2.75) is 12.3 Å². The highest BCUT2D eigenvalue weighted by Crippen LogP contribution is 2.30. The molecule has 0 spiro atoms. The van der Waals surface area contributed by atoms with Crippen LogP contribution in [0.3, 0.4) is 0 Å². The number of hydrogen-bond donors (Lipinski definition) is 3. The third kappa shape index (κ3) is 4.39. The fraction of sp³-hybridized carbons (Fsp3) is 0.188. The van der Waals surface area contributed by atoms with E-state index in [1.165, 1.54) is 30.3 Å². The highest BCUT2D eigenvalue weighted by atomic mass is 35.5. The number of alkyl halides is 3. The highest BCUT2D eigenvalue weighted by molar-refractivity contribution is 6.31. The maximum atomic E-state index is 12.7. The Bertz CT molecular complexity index is 750. The number of rotatable bonds is 4. The van der Waals surface area contributed by atoms with Gasteiger partial charge in [0.15, 0.2) is 0 Å². The average Bonchev–Trinajstić information content (AvgIpc) is 2.54. The first-order valence-electron chi connectivity index (χ1n) is 6.80. The minimum atomic E-state index is -4.52. The summed E-state index contributed by atoms with van der Waals surface area (Å²) in [6.45, 7) is -0.327. The van der Waals surface area contributed by atoms with Gasteiger partial charge in [-0.1, -0.05) is 23.7 Å². The fourth-order valence-corrected chi connectivity index (χ4v) is 2.19. The van der Waals surface area contributed by atoms with Crippen LogP contribution in [0.25, 0.3) is 0 Å². The maximum Gasteiger partial charge on any atom is 0.416 e. The zero-order valence-corrected chi connectivity index (χ0v) is 12.9. The van der Waals surface area contributed by atoms with Crippen LogP contribution in [0.1, 0.15) is 27.6 Å². The number of phenols is 1. The normalized spacial score (nSPS) is 12.7. The van der Waals surface area contributed by atoms with Gasteiger partial charge in [-0.05, 0) is 35.9 Å². The molecule has 0 bridgehead atoms. The predicted octanol–water partition coefficient (Wildman–Crippen LogP) is 3.53. The third-order valence-electron chi connectivity index (χ3n) is 3.26. The van der Waals surface area contributed by atoms with E-state index in [-0.39, 0.29) is 28.4 Å². The molecule has 0 aromatic heterocycles. The van der Waals surface area contributed by atoms with Crippen LogP contribution in [-0.2, 0) is 6.18 Å². The van der Waals surface area contributed by atoms with Crippen molar-refractivity contribution in [2.75, 3.05) is 6.54 Å². The molecule has 8 heteroatoms. The van der Waals surface area contributed by atoms with Gasteiger partial charge in [0, 0.05) is 11.6 Å². The molecule has 0 saturated carbocycles. The molecule has 0 fully saturated rings. The van der Waals surface area contributed by atoms with E-state index in [4.69, 9.17) is 11.6 Å². The van der Waals surface area contributed by atoms with Crippen molar-refractivity contribution in [2.24, 2.45) is 0 Å². The minimum Gasteiger partial charge on any atom is -0.507 e. The van der Waals surface area contributed by atoms with Crippen LogP contribution in [0.4, 0.5) is 13.2 Å². The number of benzene rings is 2. The lowest BCUT2D eigenvalue weighted by atomic mass is 10.1. The van der Waals surface area contributed by atoms with Crippen molar-refractivity contribution in [1.82, 2.24) is 5.32 Å². The maximum absolute atomic E-state index is 12.7. The SMILES string of the molecule is O=C(NCC(O)c1cccc(C(F)(F)F)c1)c1cc(Cl)ccc1O. The average molecular weight is 360 g/mol. The summed E-state index contributed by atoms with van der Waals surface area (Å²) in [5, 5.41) is 22.1. The molecule has 4 nitrogen and oxygen atoms in total. The van der Waals surface area contributed by atoms with Gasteiger partial charge in [0.05, 0.1) is 17.2 Å². The lowest BCUT2D eigenvalue weighted by Gasteiger charge is -2.15. The molecular weight excluding hydrogens is 347 g/mol. The molecule has 2 aromatic rings. The van der Waals surface area contributed by atoms with E-state index in [1.807, 2.05) is 0 Å². The summed E-state index contributed by atoms with van der Waals surface area (Å²) in [4.78, 5) is 12.0. The zero-order chi connectivity index (χ0) is 17.9. The summed E-state index contributed by atoms with van der Waals surface area (Å²) in [6.07, 6.45) is -5.86. The van der Waals surface area contributed by atoms with Gasteiger partial charge in [-0.2, -0.15) is 13.2 Å². The van der Waals surface area contributed by atoms with E-state index in [0.717, 1.165) is 12.1 Å². The van der Waals surface area contributed by atoms with Crippen LogP contribution in [0, 0.1) is 0 Å². The molecule has 0 aliphatic heterocycles. The van der Waals surface area contributed by atoms with E-state index in [9.17, 15) is 28.2 Å². The number of aliphatic hydroxyl groups is 1. The fourth-order valence-electron chi connectivity index (χ4n) is 2.01. The largest absolute Gasteiger partial charge is 0.507 e. The first-order valence-corrected chi connectivity index (χ1v) is 7.18. The standard InChI is InChI=1S/C16H13ClF3NO3/c17-11-4-5-13(22)12(7-11)15(24)21-8-14(23)9-2-1-3-10(6-9)16(18,19)20/h1-7,14,22-23H,8H2,(H,21,24). The number of nitrogens with one attached hydrogen (secondary N) is 1. The smallest absolute Gasteiger partial charge is 0.416 e. The number of phenolic OH excluding ortho intramolecular Hbond substituents is 1. The Balaban J connectivity index is 2.06. The number of hydrogen-bond acceptors (Lipinski definition) is 3. The number of amides is 1. The van der Waals surface area contributed by atoms with Gasteiger partial charge in [-0.15, -0.1) is 0 Å². The molecule has 0 radical (unpaired) electrons. The molecule has 2 rings (SSSR count). The lowest BCUT2D eigenvalue weighted by Crippen LogP contribution is -2.28. The van der Waals surface area contributed by atoms with Crippen molar-refractivity contribution in [3.8, 4) is 5.75 Å². The number of carbonyl (C=O) groups excluding carboxylic acids is 1. The molecule has 24 heavy (non-hydrogen) atoms. The molecule has 0 saturated heterocycles. The molecule has 2 aromatic carbocycles. The molecule has 1 amide bonds. The second kappa shape index (κ2) is 7.11. The predicted molar refractivity (Wildman–Crippen MR) is 81.9 cm³/mol. The van der Waals surface area contributed by atoms with E-state index in [0.29, 0.717) is 0 Å². The quantitative estimate of drug-likeness (QED) is 0.782. The van der Waals surface area contributed by atoms with Gasteiger partial charge in [0.25, 0.3) is 5.91 Å². The van der Waals surface area contributed by atoms with Crippen LogP contribution in [0.15, 0.2) is 42.5 Å². The summed E-state index contributed by atoms with van der Waals surface area (Å²) in [5.74, 6) is -1.01. The van der Waals surface area contributed by atoms with Gasteiger partial charge < -0.3 is 15.5 Å². The number of halogens is 4. The lowest BCUT2D eigenvalue weighted by molar-refractivity contribution is -0.137. The van der Waals surface area contributed by atoms with Crippen molar-refractivity contribution >= 4 is 17.5 Å². The van der Waals surface area contributed by atoms with Crippen LogP contribution < -0.4 is 5.32 Å². The Morgan fingerprint density at radius 2 is 1.92 bits per heavy atom. The minimum absolute atomic E-state index is 0.0143. The number of carbonyl (C=O) groups is 1. The molecular formula is C16H13ClF3NO3. The van der Waals surface area contributed by atoms with Crippen molar-refractivity contribution in [3.05, 3.63) is 64.2 Å². The Kier molecular flexibility index (Phi) is 5.36. The first kappa shape index (κ1) is 18.1. The Labute approximate surface area is 140 Å². The molecule has 0 aliphatic rings. The van der Waals surface area contributed by atoms with Gasteiger partial charge in [0.1, 0.15) is 5.75 Å². The topological polar surface area (TPSA) is 69.6 Å². The monoisotopic (exact) mass is 359 g/mol. The van der Waals surface area contributed by atoms with E-state index >= 15 is 0 Å². The first-order chi connectivity index (χ1) is 11.2.